The third-order valence-corrected chi connectivity index (χ3v) is 9.92. The molecule has 0 saturated heterocycles. The molecule has 10 heteroatoms. The molecule has 0 radical (unpaired) electrons. The van der Waals surface area contributed by atoms with Gasteiger partial charge in [-0.2, -0.15) is 0 Å². The van der Waals surface area contributed by atoms with Gasteiger partial charge in [0, 0.05) is 47.2 Å². The molecule has 1 heterocycles. The predicted octanol–water partition coefficient (Wildman–Crippen LogP) is 9.44. The Balaban J connectivity index is 1.05. The summed E-state index contributed by atoms with van der Waals surface area (Å²) >= 11 is 1.39. The van der Waals surface area contributed by atoms with Gasteiger partial charge >= 0.3 is 0 Å². The maximum Gasteiger partial charge on any atom is 0.272 e. The quantitative estimate of drug-likeness (QED) is 0.0844. The van der Waals surface area contributed by atoms with Crippen molar-refractivity contribution in [2.75, 3.05) is 29.6 Å². The minimum Gasteiger partial charge on any atom is -0.436 e. The Morgan fingerprint density at radius 3 is 1.98 bits per heavy atom. The molecule has 1 unspecified atom stereocenters. The molecule has 7 rings (SSSR count). The molecule has 0 bridgehead atoms. The highest BCUT2D eigenvalue weighted by molar-refractivity contribution is 8.00. The summed E-state index contributed by atoms with van der Waals surface area (Å²) in [6.45, 7) is 0. The molecule has 0 aliphatic heterocycles. The van der Waals surface area contributed by atoms with E-state index in [2.05, 4.69) is 20.9 Å². The molecule has 55 heavy (non-hydrogen) atoms. The molecular weight excluding hydrogens is 707 g/mol. The van der Waals surface area contributed by atoms with Crippen LogP contribution in [0.3, 0.4) is 0 Å². The van der Waals surface area contributed by atoms with E-state index in [4.69, 9.17) is 4.42 Å². The van der Waals surface area contributed by atoms with Crippen LogP contribution >= 0.6 is 11.8 Å². The third-order valence-electron chi connectivity index (χ3n) is 8.65. The number of carbonyl (C=O) groups is 3. The molecule has 0 fully saturated rings. The molecule has 9 nitrogen and oxygen atoms in total. The number of para-hydroxylation sites is 2. The van der Waals surface area contributed by atoms with E-state index in [1.54, 1.807) is 42.5 Å². The van der Waals surface area contributed by atoms with Gasteiger partial charge in [0.15, 0.2) is 5.58 Å². The number of carbonyl (C=O) groups excluding carboxylic acids is 3. The number of oxazole rings is 1. The first-order valence-corrected chi connectivity index (χ1v) is 18.4. The van der Waals surface area contributed by atoms with Gasteiger partial charge in [-0.25, -0.2) is 4.98 Å². The van der Waals surface area contributed by atoms with Gasteiger partial charge in [0.25, 0.3) is 11.8 Å². The fraction of sp³-hybridized carbons (Fsp3) is 0.0667. The lowest BCUT2D eigenvalue weighted by molar-refractivity contribution is -0.116. The number of nitrogens with one attached hydrogen (secondary N) is 3. The van der Waals surface area contributed by atoms with Crippen LogP contribution in [0.4, 0.5) is 17.1 Å². The second kappa shape index (κ2) is 16.8. The molecular formula is C45H37N5O4S. The Morgan fingerprint density at radius 2 is 1.31 bits per heavy atom. The number of amides is 3. The molecule has 7 aromatic rings. The molecule has 6 aromatic carbocycles. The smallest absolute Gasteiger partial charge is 0.272 e. The molecule has 3 N–H and O–H groups in total. The van der Waals surface area contributed by atoms with E-state index in [0.717, 1.165) is 32.8 Å². The summed E-state index contributed by atoms with van der Waals surface area (Å²) in [6.07, 6.45) is 1.65. The summed E-state index contributed by atoms with van der Waals surface area (Å²) in [5, 5.41) is 8.19. The molecule has 0 saturated carbocycles. The highest BCUT2D eigenvalue weighted by Crippen LogP contribution is 2.37. The Morgan fingerprint density at radius 1 is 0.691 bits per heavy atom. The highest BCUT2D eigenvalue weighted by Gasteiger charge is 2.23. The van der Waals surface area contributed by atoms with Crippen molar-refractivity contribution in [1.29, 1.82) is 0 Å². The number of hydrogen-bond donors (Lipinski definition) is 3. The van der Waals surface area contributed by atoms with E-state index < -0.39 is 17.1 Å². The predicted molar refractivity (Wildman–Crippen MR) is 221 cm³/mol. The number of nitrogens with zero attached hydrogens (tertiary/aromatic N) is 2. The van der Waals surface area contributed by atoms with E-state index in [0.29, 0.717) is 28.4 Å². The Bertz CT molecular complexity index is 2410. The van der Waals surface area contributed by atoms with Crippen LogP contribution in [0.25, 0.3) is 28.6 Å². The van der Waals surface area contributed by atoms with E-state index in [-0.39, 0.29) is 11.6 Å². The fourth-order valence-corrected chi connectivity index (χ4v) is 6.75. The average Bonchev–Trinajstić information content (AvgIpc) is 3.66. The second-order valence-corrected chi connectivity index (χ2v) is 14.0. The van der Waals surface area contributed by atoms with E-state index in [9.17, 15) is 14.4 Å². The topological polar surface area (TPSA) is 117 Å². The molecule has 0 aliphatic rings. The second-order valence-electron chi connectivity index (χ2n) is 12.8. The van der Waals surface area contributed by atoms with Gasteiger partial charge in [-0.1, -0.05) is 72.8 Å². The third kappa shape index (κ3) is 9.19. The zero-order valence-electron chi connectivity index (χ0n) is 30.1. The number of fused-ring (bicyclic) bond motifs is 1. The SMILES string of the molecule is CN(C)c1ccc(/C=C(\NC(=O)c2ccccc2)C(=O)Nc2ccc(SC(C(=O)Nc3ccc(-c4nc5ccccc5o4)cc3)c3ccccc3)cc2)cc1. The lowest BCUT2D eigenvalue weighted by Gasteiger charge is -2.18. The zero-order valence-corrected chi connectivity index (χ0v) is 30.9. The maximum atomic E-state index is 13.8. The van der Waals surface area contributed by atoms with Crippen molar-refractivity contribution in [1.82, 2.24) is 10.3 Å². The van der Waals surface area contributed by atoms with Crippen LogP contribution in [0.1, 0.15) is 26.7 Å². The van der Waals surface area contributed by atoms with Crippen LogP contribution in [0.5, 0.6) is 0 Å². The monoisotopic (exact) mass is 743 g/mol. The summed E-state index contributed by atoms with van der Waals surface area (Å²) in [7, 11) is 3.90. The van der Waals surface area contributed by atoms with Gasteiger partial charge in [-0.3, -0.25) is 14.4 Å². The normalized spacial score (nSPS) is 11.8. The van der Waals surface area contributed by atoms with Crippen molar-refractivity contribution in [2.45, 2.75) is 10.1 Å². The van der Waals surface area contributed by atoms with Gasteiger partial charge < -0.3 is 25.3 Å². The largest absolute Gasteiger partial charge is 0.436 e. The van der Waals surface area contributed by atoms with Gasteiger partial charge in [0.05, 0.1) is 0 Å². The standard InChI is InChI=1S/C45H37N5O4S/c1-50(2)36-25-17-30(18-26-36)29-39(48-42(51)32-13-7-4-8-14-32)43(52)46-35-23-27-37(28-24-35)55-41(31-11-5-3-6-12-31)44(53)47-34-21-19-33(20-22-34)45-49-38-15-9-10-16-40(38)54-45/h3-29,41H,1-2H3,(H,46,52)(H,47,53)(H,48,51)/b39-29-. The molecule has 0 aliphatic carbocycles. The fourth-order valence-electron chi connectivity index (χ4n) is 5.73. The first-order valence-electron chi connectivity index (χ1n) is 17.5. The van der Waals surface area contributed by atoms with Crippen molar-refractivity contribution in [3.05, 3.63) is 180 Å². The number of rotatable bonds is 12. The molecule has 1 aromatic heterocycles. The Hall–Kier alpha value is -6.91. The zero-order chi connectivity index (χ0) is 38.1. The summed E-state index contributed by atoms with van der Waals surface area (Å²) < 4.78 is 5.90. The summed E-state index contributed by atoms with van der Waals surface area (Å²) in [4.78, 5) is 47.9. The summed E-state index contributed by atoms with van der Waals surface area (Å²) in [6, 6.07) is 48.2. The number of hydrogen-bond acceptors (Lipinski definition) is 7. The van der Waals surface area contributed by atoms with Crippen LogP contribution in [0.15, 0.2) is 173 Å². The molecule has 3 amide bonds. The van der Waals surface area contributed by atoms with Gasteiger partial charge in [0.1, 0.15) is 16.5 Å². The van der Waals surface area contributed by atoms with Crippen LogP contribution in [0.2, 0.25) is 0 Å². The van der Waals surface area contributed by atoms with Crippen molar-refractivity contribution in [2.24, 2.45) is 0 Å². The van der Waals surface area contributed by atoms with Crippen LogP contribution in [0, 0.1) is 0 Å². The maximum absolute atomic E-state index is 13.8. The summed E-state index contributed by atoms with van der Waals surface area (Å²) in [5.74, 6) is -0.561. The molecule has 1 atom stereocenters. The minimum absolute atomic E-state index is 0.0904. The van der Waals surface area contributed by atoms with Crippen molar-refractivity contribution < 1.29 is 18.8 Å². The van der Waals surface area contributed by atoms with Crippen molar-refractivity contribution in [3.63, 3.8) is 0 Å². The average molecular weight is 744 g/mol. The number of anilines is 3. The van der Waals surface area contributed by atoms with Crippen molar-refractivity contribution in [3.8, 4) is 11.5 Å². The highest BCUT2D eigenvalue weighted by atomic mass is 32.2. The molecule has 0 spiro atoms. The van der Waals surface area contributed by atoms with Crippen LogP contribution < -0.4 is 20.9 Å². The van der Waals surface area contributed by atoms with E-state index >= 15 is 0 Å². The van der Waals surface area contributed by atoms with Crippen LogP contribution in [-0.2, 0) is 9.59 Å². The number of thioether (sulfide) groups is 1. The van der Waals surface area contributed by atoms with Crippen molar-refractivity contribution >= 4 is 63.7 Å². The number of benzene rings is 6. The van der Waals surface area contributed by atoms with E-state index in [1.165, 1.54) is 11.8 Å². The Kier molecular flexibility index (Phi) is 11.2. The summed E-state index contributed by atoms with van der Waals surface area (Å²) in [5.41, 5.74) is 6.58. The molecule has 272 valence electrons. The lowest BCUT2D eigenvalue weighted by atomic mass is 10.1. The van der Waals surface area contributed by atoms with Gasteiger partial charge in [0.2, 0.25) is 11.8 Å². The lowest BCUT2D eigenvalue weighted by Crippen LogP contribution is -2.30. The van der Waals surface area contributed by atoms with Crippen LogP contribution in [-0.4, -0.2) is 36.8 Å². The van der Waals surface area contributed by atoms with Gasteiger partial charge in [-0.15, -0.1) is 11.8 Å². The first kappa shape index (κ1) is 36.4. The minimum atomic E-state index is -0.569. The first-order chi connectivity index (χ1) is 26.8. The van der Waals surface area contributed by atoms with Gasteiger partial charge in [-0.05, 0) is 102 Å². The number of aromatic nitrogens is 1. The van der Waals surface area contributed by atoms with E-state index in [1.807, 2.05) is 140 Å². The Labute approximate surface area is 323 Å².